The SMILES string of the molecule is CC(C)CO.CCC(C)C1OCC(O)C1C.CCCCC(CC)COC(=O)CC(C(=O)OCC(CC)CCCC)S(=O)(=O)[O-].[Na+]. The van der Waals surface area contributed by atoms with Crippen molar-refractivity contribution in [3.8, 4) is 0 Å². The van der Waals surface area contributed by atoms with Crippen LogP contribution in [0.3, 0.4) is 0 Å². The number of hydrogen-bond donors (Lipinski definition) is 2. The molecule has 1 saturated heterocycles. The topological polar surface area (TPSA) is 159 Å². The van der Waals surface area contributed by atoms with E-state index in [2.05, 4.69) is 34.6 Å². The van der Waals surface area contributed by atoms with Gasteiger partial charge in [-0.3, -0.25) is 9.59 Å². The van der Waals surface area contributed by atoms with Gasteiger partial charge in [-0.1, -0.05) is 107 Å². The van der Waals surface area contributed by atoms with Crippen molar-refractivity contribution in [2.45, 2.75) is 144 Å². The van der Waals surface area contributed by atoms with Crippen molar-refractivity contribution >= 4 is 22.1 Å². The number of carbonyl (C=O) groups is 2. The number of rotatable bonds is 19. The fourth-order valence-electron chi connectivity index (χ4n) is 4.46. The zero-order valence-electron chi connectivity index (χ0n) is 30.1. The molecule has 45 heavy (non-hydrogen) atoms. The summed E-state index contributed by atoms with van der Waals surface area (Å²) in [5, 5.41) is 15.5. The average Bonchev–Trinajstić information content (AvgIpc) is 3.32. The molecule has 7 atom stereocenters. The van der Waals surface area contributed by atoms with Crippen molar-refractivity contribution in [1.82, 2.24) is 0 Å². The first-order chi connectivity index (χ1) is 20.6. The van der Waals surface area contributed by atoms with Crippen LogP contribution in [-0.4, -0.2) is 79.0 Å². The molecule has 264 valence electrons. The predicted molar refractivity (Wildman–Crippen MR) is 173 cm³/mol. The number of unbranched alkanes of at least 4 members (excludes halogenated alkanes) is 2. The molecule has 0 aromatic heterocycles. The Morgan fingerprint density at radius 3 is 1.71 bits per heavy atom. The number of carbonyl (C=O) groups excluding carboxylic acids is 2. The van der Waals surface area contributed by atoms with Gasteiger partial charge in [0.05, 0.1) is 38.4 Å². The molecular weight excluding hydrogens is 611 g/mol. The zero-order valence-corrected chi connectivity index (χ0v) is 32.9. The van der Waals surface area contributed by atoms with Gasteiger partial charge >= 0.3 is 41.5 Å². The first-order valence-corrected chi connectivity index (χ1v) is 18.3. The van der Waals surface area contributed by atoms with Gasteiger partial charge in [-0.15, -0.1) is 0 Å². The fourth-order valence-corrected chi connectivity index (χ4v) is 5.10. The number of esters is 2. The summed E-state index contributed by atoms with van der Waals surface area (Å²) in [6.07, 6.45) is 7.74. The van der Waals surface area contributed by atoms with Crippen LogP contribution in [0.25, 0.3) is 0 Å². The summed E-state index contributed by atoms with van der Waals surface area (Å²) < 4.78 is 50.1. The van der Waals surface area contributed by atoms with Crippen LogP contribution in [-0.2, 0) is 33.9 Å². The Morgan fingerprint density at radius 2 is 1.38 bits per heavy atom. The van der Waals surface area contributed by atoms with Gasteiger partial charge in [0.15, 0.2) is 5.25 Å². The van der Waals surface area contributed by atoms with E-state index in [0.717, 1.165) is 57.8 Å². The second-order valence-electron chi connectivity index (χ2n) is 12.5. The van der Waals surface area contributed by atoms with E-state index in [0.29, 0.717) is 31.0 Å². The van der Waals surface area contributed by atoms with E-state index in [1.54, 1.807) is 0 Å². The largest absolute Gasteiger partial charge is 1.00 e. The van der Waals surface area contributed by atoms with Gasteiger partial charge < -0.3 is 29.0 Å². The molecule has 0 aromatic carbocycles. The quantitative estimate of drug-likeness (QED) is 0.118. The average molecular weight is 677 g/mol. The van der Waals surface area contributed by atoms with Gasteiger partial charge in [-0.2, -0.15) is 0 Å². The van der Waals surface area contributed by atoms with Crippen molar-refractivity contribution in [3.63, 3.8) is 0 Å². The molecule has 12 heteroatoms. The van der Waals surface area contributed by atoms with Crippen molar-refractivity contribution in [2.75, 3.05) is 26.4 Å². The van der Waals surface area contributed by atoms with Crippen LogP contribution in [0, 0.1) is 29.6 Å². The van der Waals surface area contributed by atoms with E-state index in [9.17, 15) is 27.7 Å². The van der Waals surface area contributed by atoms with E-state index in [-0.39, 0.29) is 66.8 Å². The van der Waals surface area contributed by atoms with Crippen LogP contribution in [0.2, 0.25) is 0 Å². The fraction of sp³-hybridized carbons (Fsp3) is 0.939. The predicted octanol–water partition coefficient (Wildman–Crippen LogP) is 2.88. The molecule has 7 unspecified atom stereocenters. The number of aliphatic hydroxyl groups excluding tert-OH is 2. The Morgan fingerprint density at radius 1 is 0.911 bits per heavy atom. The number of hydrogen-bond acceptors (Lipinski definition) is 10. The first kappa shape index (κ1) is 49.1. The maximum Gasteiger partial charge on any atom is 1.00 e. The smallest absolute Gasteiger partial charge is 0.747 e. The Balaban J connectivity index is -0.000000845. The van der Waals surface area contributed by atoms with E-state index in [4.69, 9.17) is 19.3 Å². The van der Waals surface area contributed by atoms with Gasteiger partial charge in [0, 0.05) is 12.5 Å². The maximum atomic E-state index is 12.1. The minimum Gasteiger partial charge on any atom is -0.747 e. The van der Waals surface area contributed by atoms with E-state index >= 15 is 0 Å². The Bertz CT molecular complexity index is 839. The second-order valence-corrected chi connectivity index (χ2v) is 14.1. The number of aliphatic hydroxyl groups is 2. The summed E-state index contributed by atoms with van der Waals surface area (Å²) in [5.74, 6) is -0.423. The molecule has 0 spiro atoms. The summed E-state index contributed by atoms with van der Waals surface area (Å²) in [5.41, 5.74) is 0. The van der Waals surface area contributed by atoms with E-state index in [1.807, 2.05) is 27.7 Å². The number of ether oxygens (including phenoxy) is 3. The molecule has 1 heterocycles. The normalized spacial score (nSPS) is 20.3. The van der Waals surface area contributed by atoms with E-state index < -0.39 is 33.7 Å². The van der Waals surface area contributed by atoms with Crippen LogP contribution >= 0.6 is 0 Å². The van der Waals surface area contributed by atoms with Crippen LogP contribution in [0.5, 0.6) is 0 Å². The van der Waals surface area contributed by atoms with Gasteiger partial charge in [-0.05, 0) is 36.5 Å². The standard InChI is InChI=1S/C20H38O7S.C9H18O2.C4H10O.Na/c1-5-9-11-16(7-3)14-26-19(21)13-18(28(23,24)25)20(22)27-15-17(8-4)12-10-6-2;1-4-6(2)9-7(3)8(10)5-11-9;1-4(2)3-5;/h16-18H,5-15H2,1-4H3,(H,23,24,25);6-10H,4-5H2,1-3H3;4-5H,3H2,1-2H3;/q;;;+1/p-1. The van der Waals surface area contributed by atoms with E-state index in [1.165, 1.54) is 0 Å². The second kappa shape index (κ2) is 28.7. The molecule has 0 aromatic rings. The monoisotopic (exact) mass is 676 g/mol. The molecule has 1 rings (SSSR count). The molecule has 1 fully saturated rings. The van der Waals surface area contributed by atoms with Gasteiger partial charge in [0.2, 0.25) is 0 Å². The first-order valence-electron chi connectivity index (χ1n) is 16.8. The van der Waals surface area contributed by atoms with Gasteiger partial charge in [0.1, 0.15) is 10.1 Å². The molecule has 0 amide bonds. The Hall–Kier alpha value is -0.270. The molecule has 2 N–H and O–H groups in total. The van der Waals surface area contributed by atoms with Crippen molar-refractivity contribution < 1.29 is 76.5 Å². The summed E-state index contributed by atoms with van der Waals surface area (Å²) in [6, 6.07) is 0. The molecule has 0 bridgehead atoms. The minimum absolute atomic E-state index is 0. The van der Waals surface area contributed by atoms with Crippen LogP contribution in [0.1, 0.15) is 127 Å². The Kier molecular flexibility index (Phi) is 31.3. The molecule has 1 aliphatic rings. The van der Waals surface area contributed by atoms with Crippen LogP contribution in [0.4, 0.5) is 0 Å². The minimum atomic E-state index is -5.01. The van der Waals surface area contributed by atoms with Crippen molar-refractivity contribution in [2.24, 2.45) is 29.6 Å². The summed E-state index contributed by atoms with van der Waals surface area (Å²) in [4.78, 5) is 24.1. The third-order valence-electron chi connectivity index (χ3n) is 8.15. The van der Waals surface area contributed by atoms with Gasteiger partial charge in [-0.25, -0.2) is 8.42 Å². The molecule has 0 saturated carbocycles. The zero-order chi connectivity index (χ0) is 34.3. The summed E-state index contributed by atoms with van der Waals surface area (Å²) >= 11 is 0. The molecule has 1 aliphatic heterocycles. The Labute approximate surface area is 297 Å². The molecule has 10 nitrogen and oxygen atoms in total. The van der Waals surface area contributed by atoms with Crippen LogP contribution < -0.4 is 29.6 Å². The van der Waals surface area contributed by atoms with Crippen LogP contribution in [0.15, 0.2) is 0 Å². The third-order valence-corrected chi connectivity index (χ3v) is 9.20. The van der Waals surface area contributed by atoms with Crippen molar-refractivity contribution in [1.29, 1.82) is 0 Å². The summed E-state index contributed by atoms with van der Waals surface area (Å²) in [6.45, 7) is 19.4. The molecule has 0 radical (unpaired) electrons. The maximum absolute atomic E-state index is 12.1. The van der Waals surface area contributed by atoms with Gasteiger partial charge in [0.25, 0.3) is 0 Å². The van der Waals surface area contributed by atoms with Crippen molar-refractivity contribution in [3.05, 3.63) is 0 Å². The summed E-state index contributed by atoms with van der Waals surface area (Å²) in [7, 11) is -5.01. The third kappa shape index (κ3) is 23.7. The molecular formula is C33H65NaO10S. The molecule has 0 aliphatic carbocycles.